The molecule has 4 heteroatoms. The second kappa shape index (κ2) is 6.67. The number of pyridine rings is 1. The zero-order valence-electron chi connectivity index (χ0n) is 14.7. The van der Waals surface area contributed by atoms with E-state index in [1.54, 1.807) is 6.20 Å². The minimum absolute atomic E-state index is 0.0622. The maximum absolute atomic E-state index is 12.7. The number of hydrogen-bond donors (Lipinski definition) is 1. The average molecular weight is 329 g/mol. The first kappa shape index (κ1) is 17.2. The van der Waals surface area contributed by atoms with E-state index in [9.17, 15) is 9.90 Å². The number of aliphatic hydroxyl groups is 1. The van der Waals surface area contributed by atoms with Gasteiger partial charge in [-0.25, -0.2) is 0 Å². The van der Waals surface area contributed by atoms with Crippen molar-refractivity contribution in [1.82, 2.24) is 4.98 Å². The van der Waals surface area contributed by atoms with E-state index in [1.165, 1.54) is 0 Å². The fourth-order valence-electron chi connectivity index (χ4n) is 3.94. The molecular weight excluding hydrogens is 302 g/mol. The first-order valence-corrected chi connectivity index (χ1v) is 8.84. The van der Waals surface area contributed by atoms with Crippen LogP contribution < -0.4 is 4.74 Å². The van der Waals surface area contributed by atoms with E-state index in [-0.39, 0.29) is 11.7 Å². The van der Waals surface area contributed by atoms with Crippen molar-refractivity contribution in [1.29, 1.82) is 0 Å². The number of aromatic nitrogens is 1. The number of carbonyl (C=O) groups excluding carboxylic acids is 1. The number of hydrogen-bond acceptors (Lipinski definition) is 4. The fraction of sp³-hybridized carbons (Fsp3) is 0.600. The molecular formula is C20H27NO3. The molecule has 0 saturated heterocycles. The molecule has 0 radical (unpaired) electrons. The van der Waals surface area contributed by atoms with E-state index in [0.717, 1.165) is 54.7 Å². The van der Waals surface area contributed by atoms with Crippen LogP contribution in [-0.2, 0) is 17.6 Å². The first-order valence-electron chi connectivity index (χ1n) is 8.84. The van der Waals surface area contributed by atoms with Gasteiger partial charge in [0.15, 0.2) is 0 Å². The molecule has 1 N–H and O–H groups in total. The van der Waals surface area contributed by atoms with Crippen LogP contribution in [0.25, 0.3) is 0 Å². The lowest BCUT2D eigenvalue weighted by molar-refractivity contribution is -0.131. The predicted octanol–water partition coefficient (Wildman–Crippen LogP) is 3.26. The van der Waals surface area contributed by atoms with Gasteiger partial charge in [0.05, 0.1) is 18.4 Å². The molecule has 1 atom stereocenters. The van der Waals surface area contributed by atoms with Crippen LogP contribution in [0.15, 0.2) is 24.4 Å². The van der Waals surface area contributed by atoms with Crippen LogP contribution in [0, 0.1) is 11.8 Å². The monoisotopic (exact) mass is 329 g/mol. The minimum Gasteiger partial charge on any atom is -0.492 e. The maximum Gasteiger partial charge on any atom is 0.140 e. The van der Waals surface area contributed by atoms with Gasteiger partial charge in [0.1, 0.15) is 11.5 Å². The summed E-state index contributed by atoms with van der Waals surface area (Å²) in [7, 11) is 0. The average Bonchev–Trinajstić information content (AvgIpc) is 2.62. The topological polar surface area (TPSA) is 59.4 Å². The highest BCUT2D eigenvalue weighted by molar-refractivity contribution is 5.84. The maximum atomic E-state index is 12.7. The molecule has 1 aromatic rings. The summed E-state index contributed by atoms with van der Waals surface area (Å²) in [5, 5.41) is 9.96. The van der Waals surface area contributed by atoms with Crippen molar-refractivity contribution < 1.29 is 14.6 Å². The lowest BCUT2D eigenvalue weighted by Crippen LogP contribution is -2.46. The van der Waals surface area contributed by atoms with E-state index in [2.05, 4.69) is 11.6 Å². The van der Waals surface area contributed by atoms with Crippen molar-refractivity contribution in [3.8, 4) is 5.75 Å². The molecule has 1 heterocycles. The standard InChI is InChI=1S/C20H27NO3/c1-13(2)6-7-24-16-8-14-9-19(22)17(4-5-18(14)21-12-16)15-10-20(3,23)11-15/h8,12,15,17,23H,1,4-7,9-11H2,2-3H3. The Morgan fingerprint density at radius 2 is 2.25 bits per heavy atom. The normalized spacial score (nSPS) is 29.4. The highest BCUT2D eigenvalue weighted by atomic mass is 16.5. The van der Waals surface area contributed by atoms with E-state index < -0.39 is 5.60 Å². The Labute approximate surface area is 143 Å². The summed E-state index contributed by atoms with van der Waals surface area (Å²) >= 11 is 0. The second-order valence-electron chi connectivity index (χ2n) is 7.79. The smallest absolute Gasteiger partial charge is 0.140 e. The van der Waals surface area contributed by atoms with Gasteiger partial charge in [0.2, 0.25) is 0 Å². The van der Waals surface area contributed by atoms with Crippen LogP contribution >= 0.6 is 0 Å². The molecule has 1 aromatic heterocycles. The number of aryl methyl sites for hydroxylation is 1. The Morgan fingerprint density at radius 1 is 1.50 bits per heavy atom. The van der Waals surface area contributed by atoms with Gasteiger partial charge in [-0.1, -0.05) is 5.57 Å². The van der Waals surface area contributed by atoms with E-state index in [0.29, 0.717) is 18.9 Å². The van der Waals surface area contributed by atoms with Crippen molar-refractivity contribution in [3.63, 3.8) is 0 Å². The number of carbonyl (C=O) groups is 1. The minimum atomic E-state index is -0.577. The van der Waals surface area contributed by atoms with Crippen molar-refractivity contribution in [2.45, 2.75) is 58.0 Å². The second-order valence-corrected chi connectivity index (χ2v) is 7.79. The third-order valence-electron chi connectivity index (χ3n) is 5.28. The Hall–Kier alpha value is -1.68. The summed E-state index contributed by atoms with van der Waals surface area (Å²) in [6.45, 7) is 8.29. The van der Waals surface area contributed by atoms with Gasteiger partial charge in [-0.2, -0.15) is 0 Å². The SMILES string of the molecule is C=C(C)CCOc1cnc2c(c1)CC(=O)C(C1CC(C)(O)C1)CC2. The molecule has 1 unspecified atom stereocenters. The van der Waals surface area contributed by atoms with Crippen LogP contribution in [0.2, 0.25) is 0 Å². The van der Waals surface area contributed by atoms with Crippen LogP contribution in [0.3, 0.4) is 0 Å². The third-order valence-corrected chi connectivity index (χ3v) is 5.28. The summed E-state index contributed by atoms with van der Waals surface area (Å²) in [5.41, 5.74) is 2.53. The molecule has 2 aliphatic carbocycles. The van der Waals surface area contributed by atoms with Crippen molar-refractivity contribution in [2.24, 2.45) is 11.8 Å². The molecule has 1 fully saturated rings. The van der Waals surface area contributed by atoms with Gasteiger partial charge >= 0.3 is 0 Å². The first-order chi connectivity index (χ1) is 11.3. The van der Waals surface area contributed by atoms with Crippen LogP contribution in [0.4, 0.5) is 0 Å². The Morgan fingerprint density at radius 3 is 2.92 bits per heavy atom. The van der Waals surface area contributed by atoms with Crippen LogP contribution in [-0.4, -0.2) is 28.1 Å². The summed E-state index contributed by atoms with van der Waals surface area (Å²) in [5.74, 6) is 1.41. The molecule has 0 aliphatic heterocycles. The fourth-order valence-corrected chi connectivity index (χ4v) is 3.94. The summed E-state index contributed by atoms with van der Waals surface area (Å²) in [4.78, 5) is 17.2. The summed E-state index contributed by atoms with van der Waals surface area (Å²) in [6.07, 6.45) is 6.16. The number of fused-ring (bicyclic) bond motifs is 1. The Balaban J connectivity index is 1.66. The molecule has 3 rings (SSSR count). The van der Waals surface area contributed by atoms with Gasteiger partial charge in [-0.3, -0.25) is 9.78 Å². The van der Waals surface area contributed by atoms with Crippen molar-refractivity contribution in [2.75, 3.05) is 6.61 Å². The van der Waals surface area contributed by atoms with Crippen LogP contribution in [0.5, 0.6) is 5.75 Å². The molecule has 130 valence electrons. The van der Waals surface area contributed by atoms with Gasteiger partial charge in [0, 0.05) is 24.5 Å². The van der Waals surface area contributed by atoms with Crippen molar-refractivity contribution >= 4 is 5.78 Å². The molecule has 0 spiro atoms. The molecule has 1 saturated carbocycles. The highest BCUT2D eigenvalue weighted by Crippen LogP contribution is 2.44. The third kappa shape index (κ3) is 3.86. The van der Waals surface area contributed by atoms with Gasteiger partial charge < -0.3 is 9.84 Å². The summed E-state index contributed by atoms with van der Waals surface area (Å²) in [6, 6.07) is 1.97. The predicted molar refractivity (Wildman–Crippen MR) is 93.0 cm³/mol. The lowest BCUT2D eigenvalue weighted by atomic mass is 9.64. The quantitative estimate of drug-likeness (QED) is 0.665. The summed E-state index contributed by atoms with van der Waals surface area (Å²) < 4.78 is 5.73. The number of ether oxygens (including phenoxy) is 1. The number of ketones is 1. The highest BCUT2D eigenvalue weighted by Gasteiger charge is 2.45. The Bertz CT molecular complexity index is 642. The van der Waals surface area contributed by atoms with Gasteiger partial charge in [-0.15, -0.1) is 6.58 Å². The van der Waals surface area contributed by atoms with Gasteiger partial charge in [0.25, 0.3) is 0 Å². The van der Waals surface area contributed by atoms with Crippen LogP contribution in [0.1, 0.15) is 50.8 Å². The number of rotatable bonds is 5. The molecule has 0 aromatic carbocycles. The zero-order valence-corrected chi connectivity index (χ0v) is 14.7. The van der Waals surface area contributed by atoms with Gasteiger partial charge in [-0.05, 0) is 57.1 Å². The van der Waals surface area contributed by atoms with E-state index in [4.69, 9.17) is 4.74 Å². The van der Waals surface area contributed by atoms with E-state index >= 15 is 0 Å². The van der Waals surface area contributed by atoms with Crippen molar-refractivity contribution in [3.05, 3.63) is 35.7 Å². The molecule has 24 heavy (non-hydrogen) atoms. The molecule has 2 aliphatic rings. The molecule has 0 bridgehead atoms. The van der Waals surface area contributed by atoms with E-state index in [1.807, 2.05) is 19.9 Å². The number of Topliss-reactive ketones (excluding diaryl/α,β-unsaturated/α-hetero) is 1. The molecule has 0 amide bonds. The largest absolute Gasteiger partial charge is 0.492 e. The lowest BCUT2D eigenvalue weighted by Gasteiger charge is -2.44. The zero-order chi connectivity index (χ0) is 17.3. The molecule has 4 nitrogen and oxygen atoms in total. The Kier molecular flexibility index (Phi) is 4.77. The number of nitrogens with zero attached hydrogens (tertiary/aromatic N) is 1.